The Labute approximate surface area is 111 Å². The van der Waals surface area contributed by atoms with Crippen LogP contribution in [0.2, 0.25) is 0 Å². The first-order chi connectivity index (χ1) is 8.39. The molecule has 1 amide bonds. The van der Waals surface area contributed by atoms with Gasteiger partial charge in [0.25, 0.3) is 0 Å². The van der Waals surface area contributed by atoms with Crippen LogP contribution in [0.3, 0.4) is 0 Å². The second-order valence-corrected chi connectivity index (χ2v) is 7.15. The zero-order valence-corrected chi connectivity index (χ0v) is 12.1. The predicted octanol–water partition coefficient (Wildman–Crippen LogP) is 2.40. The normalized spacial score (nSPS) is 33.4. The SMILES string of the molecule is CC(C(=O)N1CCC(C)(C)C1)C1CCCC(N)C1. The molecule has 3 nitrogen and oxygen atoms in total. The number of carbonyl (C=O) groups is 1. The molecule has 0 aromatic rings. The number of hydrogen-bond donors (Lipinski definition) is 1. The van der Waals surface area contributed by atoms with Crippen LogP contribution in [-0.4, -0.2) is 29.9 Å². The van der Waals surface area contributed by atoms with Gasteiger partial charge in [-0.15, -0.1) is 0 Å². The molecule has 2 fully saturated rings. The fourth-order valence-electron chi connectivity index (χ4n) is 3.51. The van der Waals surface area contributed by atoms with E-state index in [9.17, 15) is 4.79 Å². The van der Waals surface area contributed by atoms with Crippen LogP contribution in [0.5, 0.6) is 0 Å². The fraction of sp³-hybridized carbons (Fsp3) is 0.933. The van der Waals surface area contributed by atoms with Gasteiger partial charge in [-0.25, -0.2) is 0 Å². The van der Waals surface area contributed by atoms with Crippen LogP contribution in [0.25, 0.3) is 0 Å². The second-order valence-electron chi connectivity index (χ2n) is 7.15. The molecule has 1 aliphatic carbocycles. The van der Waals surface area contributed by atoms with Crippen LogP contribution in [-0.2, 0) is 4.79 Å². The Morgan fingerprint density at radius 1 is 1.39 bits per heavy atom. The number of likely N-dealkylation sites (tertiary alicyclic amines) is 1. The summed E-state index contributed by atoms with van der Waals surface area (Å²) in [5, 5.41) is 0. The zero-order valence-electron chi connectivity index (χ0n) is 12.1. The maximum Gasteiger partial charge on any atom is 0.225 e. The van der Waals surface area contributed by atoms with Gasteiger partial charge in [-0.3, -0.25) is 4.79 Å². The van der Waals surface area contributed by atoms with Gasteiger partial charge in [-0.05, 0) is 37.0 Å². The molecule has 1 saturated heterocycles. The van der Waals surface area contributed by atoms with E-state index in [1.165, 1.54) is 12.8 Å². The minimum absolute atomic E-state index is 0.158. The first kappa shape index (κ1) is 13.9. The van der Waals surface area contributed by atoms with Crippen molar-refractivity contribution in [3.63, 3.8) is 0 Å². The van der Waals surface area contributed by atoms with Crippen molar-refractivity contribution in [2.45, 2.75) is 58.9 Å². The minimum atomic E-state index is 0.158. The van der Waals surface area contributed by atoms with Gasteiger partial charge >= 0.3 is 0 Å². The van der Waals surface area contributed by atoms with Crippen molar-refractivity contribution in [2.24, 2.45) is 23.0 Å². The molecule has 0 aromatic heterocycles. The molecule has 2 N–H and O–H groups in total. The molecule has 18 heavy (non-hydrogen) atoms. The first-order valence-corrected chi connectivity index (χ1v) is 7.43. The highest BCUT2D eigenvalue weighted by molar-refractivity contribution is 5.79. The van der Waals surface area contributed by atoms with Crippen LogP contribution in [0.4, 0.5) is 0 Å². The molecule has 0 bridgehead atoms. The molecule has 104 valence electrons. The van der Waals surface area contributed by atoms with Gasteiger partial charge in [-0.2, -0.15) is 0 Å². The molecular formula is C15H28N2O. The molecule has 0 radical (unpaired) electrons. The van der Waals surface area contributed by atoms with Crippen LogP contribution < -0.4 is 5.73 Å². The third kappa shape index (κ3) is 3.05. The summed E-state index contributed by atoms with van der Waals surface area (Å²) in [4.78, 5) is 14.6. The Morgan fingerprint density at radius 3 is 2.67 bits per heavy atom. The lowest BCUT2D eigenvalue weighted by Crippen LogP contribution is -2.40. The molecule has 0 spiro atoms. The monoisotopic (exact) mass is 252 g/mol. The van der Waals surface area contributed by atoms with E-state index in [1.54, 1.807) is 0 Å². The van der Waals surface area contributed by atoms with Crippen molar-refractivity contribution in [1.29, 1.82) is 0 Å². The summed E-state index contributed by atoms with van der Waals surface area (Å²) in [6.07, 6.45) is 5.67. The van der Waals surface area contributed by atoms with E-state index in [0.29, 0.717) is 23.3 Å². The van der Waals surface area contributed by atoms with Crippen LogP contribution in [0.15, 0.2) is 0 Å². The summed E-state index contributed by atoms with van der Waals surface area (Å²) in [5.74, 6) is 1.02. The van der Waals surface area contributed by atoms with Gasteiger partial charge in [0.2, 0.25) is 5.91 Å². The van der Waals surface area contributed by atoms with Crippen molar-refractivity contribution in [1.82, 2.24) is 4.90 Å². The van der Waals surface area contributed by atoms with Gasteiger partial charge in [0.05, 0.1) is 0 Å². The zero-order chi connectivity index (χ0) is 13.3. The molecule has 1 heterocycles. The molecule has 1 aliphatic heterocycles. The lowest BCUT2D eigenvalue weighted by Gasteiger charge is -2.33. The first-order valence-electron chi connectivity index (χ1n) is 7.43. The maximum atomic E-state index is 12.5. The number of hydrogen-bond acceptors (Lipinski definition) is 2. The smallest absolute Gasteiger partial charge is 0.225 e. The van der Waals surface area contributed by atoms with Gasteiger partial charge in [-0.1, -0.05) is 27.2 Å². The van der Waals surface area contributed by atoms with Crippen molar-refractivity contribution in [3.05, 3.63) is 0 Å². The van der Waals surface area contributed by atoms with Crippen LogP contribution in [0, 0.1) is 17.3 Å². The molecule has 3 atom stereocenters. The Kier molecular flexibility index (Phi) is 4.00. The molecular weight excluding hydrogens is 224 g/mol. The van der Waals surface area contributed by atoms with Crippen molar-refractivity contribution in [3.8, 4) is 0 Å². The minimum Gasteiger partial charge on any atom is -0.342 e. The van der Waals surface area contributed by atoms with E-state index in [-0.39, 0.29) is 5.92 Å². The van der Waals surface area contributed by atoms with E-state index in [4.69, 9.17) is 5.73 Å². The molecule has 2 rings (SSSR count). The third-order valence-electron chi connectivity index (χ3n) is 4.84. The Bertz CT molecular complexity index is 314. The van der Waals surface area contributed by atoms with Gasteiger partial charge in [0, 0.05) is 25.0 Å². The molecule has 3 heteroatoms. The third-order valence-corrected chi connectivity index (χ3v) is 4.84. The highest BCUT2D eigenvalue weighted by atomic mass is 16.2. The topological polar surface area (TPSA) is 46.3 Å². The lowest BCUT2D eigenvalue weighted by atomic mass is 9.78. The maximum absolute atomic E-state index is 12.5. The summed E-state index contributed by atoms with van der Waals surface area (Å²) in [5.41, 5.74) is 6.34. The highest BCUT2D eigenvalue weighted by Crippen LogP contribution is 2.34. The van der Waals surface area contributed by atoms with Crippen LogP contribution in [0.1, 0.15) is 52.9 Å². The Hall–Kier alpha value is -0.570. The van der Waals surface area contributed by atoms with Crippen LogP contribution >= 0.6 is 0 Å². The summed E-state index contributed by atoms with van der Waals surface area (Å²) in [7, 11) is 0. The van der Waals surface area contributed by atoms with E-state index in [0.717, 1.165) is 32.4 Å². The van der Waals surface area contributed by atoms with Gasteiger partial charge < -0.3 is 10.6 Å². The highest BCUT2D eigenvalue weighted by Gasteiger charge is 2.36. The quantitative estimate of drug-likeness (QED) is 0.820. The molecule has 2 aliphatic rings. The molecule has 0 aromatic carbocycles. The predicted molar refractivity (Wildman–Crippen MR) is 74.1 cm³/mol. The summed E-state index contributed by atoms with van der Waals surface area (Å²) in [6.45, 7) is 8.48. The largest absolute Gasteiger partial charge is 0.342 e. The average molecular weight is 252 g/mol. The second kappa shape index (κ2) is 5.20. The van der Waals surface area contributed by atoms with E-state index in [1.807, 2.05) is 0 Å². The summed E-state index contributed by atoms with van der Waals surface area (Å²) in [6, 6.07) is 0.314. The number of nitrogens with two attached hydrogens (primary N) is 1. The lowest BCUT2D eigenvalue weighted by molar-refractivity contribution is -0.136. The van der Waals surface area contributed by atoms with Gasteiger partial charge in [0.15, 0.2) is 0 Å². The number of rotatable bonds is 2. The van der Waals surface area contributed by atoms with Crippen molar-refractivity contribution in [2.75, 3.05) is 13.1 Å². The molecule has 3 unspecified atom stereocenters. The molecule has 1 saturated carbocycles. The Balaban J connectivity index is 1.92. The van der Waals surface area contributed by atoms with Crippen molar-refractivity contribution >= 4 is 5.91 Å². The number of nitrogens with zero attached hydrogens (tertiary/aromatic N) is 1. The van der Waals surface area contributed by atoms with E-state index < -0.39 is 0 Å². The van der Waals surface area contributed by atoms with Gasteiger partial charge in [0.1, 0.15) is 0 Å². The summed E-state index contributed by atoms with van der Waals surface area (Å²) >= 11 is 0. The van der Waals surface area contributed by atoms with E-state index in [2.05, 4.69) is 25.7 Å². The van der Waals surface area contributed by atoms with Crippen molar-refractivity contribution < 1.29 is 4.79 Å². The Morgan fingerprint density at radius 2 is 2.11 bits per heavy atom. The summed E-state index contributed by atoms with van der Waals surface area (Å²) < 4.78 is 0. The number of amides is 1. The van der Waals surface area contributed by atoms with E-state index >= 15 is 0 Å². The number of carbonyl (C=O) groups excluding carboxylic acids is 1. The standard InChI is InChI=1S/C15H28N2O/c1-11(12-5-4-6-13(16)9-12)14(18)17-8-7-15(2,3)10-17/h11-13H,4-10,16H2,1-3H3. The average Bonchev–Trinajstić information content (AvgIpc) is 2.68. The fourth-order valence-corrected chi connectivity index (χ4v) is 3.51.